The summed E-state index contributed by atoms with van der Waals surface area (Å²) in [5.41, 5.74) is 9.58. The SMILES string of the molecule is Cc1ccc(C2C=C(c3ccc(-c4ccc(C5=CC(c6ccc(C)cc6)Oc6ccc7ccccc7c65)s4)s3)c3c(ccc4ccccc34)O2)cc1. The van der Waals surface area contributed by atoms with Gasteiger partial charge < -0.3 is 9.47 Å². The maximum atomic E-state index is 6.70. The fraction of sp³-hybridized carbons (Fsp3) is 0.0833. The third-order valence-corrected chi connectivity index (χ3v) is 12.7. The number of hydrogen-bond donors (Lipinski definition) is 0. The van der Waals surface area contributed by atoms with Crippen molar-refractivity contribution in [1.29, 1.82) is 0 Å². The fourth-order valence-corrected chi connectivity index (χ4v) is 9.71. The van der Waals surface area contributed by atoms with Crippen LogP contribution in [0.1, 0.15) is 55.3 Å². The number of rotatable bonds is 5. The molecule has 0 fully saturated rings. The summed E-state index contributed by atoms with van der Waals surface area (Å²) in [7, 11) is 0. The van der Waals surface area contributed by atoms with E-state index in [2.05, 4.69) is 172 Å². The Morgan fingerprint density at radius 3 is 1.25 bits per heavy atom. The van der Waals surface area contributed by atoms with Crippen LogP contribution in [0, 0.1) is 13.8 Å². The molecule has 250 valence electrons. The Morgan fingerprint density at radius 2 is 0.808 bits per heavy atom. The lowest BCUT2D eigenvalue weighted by Crippen LogP contribution is -2.12. The average Bonchev–Trinajstić information content (AvgIpc) is 3.89. The number of hydrogen-bond acceptors (Lipinski definition) is 4. The maximum Gasteiger partial charge on any atom is 0.143 e. The minimum absolute atomic E-state index is 0.167. The first-order chi connectivity index (χ1) is 25.6. The lowest BCUT2D eigenvalue weighted by Gasteiger charge is -2.27. The molecule has 2 aliphatic rings. The molecule has 8 aromatic rings. The van der Waals surface area contributed by atoms with Crippen molar-refractivity contribution in [1.82, 2.24) is 0 Å². The standard InChI is InChI=1S/C48H34O2S2/c1-29-11-15-33(16-12-29)41-27-37(47-35-9-5-3-7-31(35)19-21-39(47)49-41)43-23-25-45(51-43)46-26-24-44(52-46)38-28-42(34-17-13-30(2)14-18-34)50-40-22-20-32-8-4-6-10-36(32)48(38)40/h3-28,41-42H,1-2H3. The van der Waals surface area contributed by atoms with Crippen LogP contribution in [-0.2, 0) is 0 Å². The van der Waals surface area contributed by atoms with Crippen LogP contribution in [0.15, 0.2) is 158 Å². The first kappa shape index (κ1) is 31.1. The average molecular weight is 707 g/mol. The van der Waals surface area contributed by atoms with Crippen LogP contribution in [0.2, 0.25) is 0 Å². The highest BCUT2D eigenvalue weighted by Crippen LogP contribution is 2.49. The van der Waals surface area contributed by atoms with Crippen LogP contribution < -0.4 is 9.47 Å². The first-order valence-electron chi connectivity index (χ1n) is 17.7. The Morgan fingerprint density at radius 1 is 0.404 bits per heavy atom. The second-order valence-electron chi connectivity index (χ2n) is 13.7. The number of benzene rings is 6. The molecule has 2 unspecified atom stereocenters. The normalized spacial score (nSPS) is 16.4. The lowest BCUT2D eigenvalue weighted by molar-refractivity contribution is 0.251. The second-order valence-corrected chi connectivity index (χ2v) is 15.9. The molecular formula is C48H34O2S2. The van der Waals surface area contributed by atoms with Crippen molar-refractivity contribution in [3.63, 3.8) is 0 Å². The van der Waals surface area contributed by atoms with Crippen molar-refractivity contribution in [3.8, 4) is 21.3 Å². The van der Waals surface area contributed by atoms with Gasteiger partial charge in [0.2, 0.25) is 0 Å². The Bertz CT molecular complexity index is 2520. The first-order valence-corrected chi connectivity index (χ1v) is 19.3. The summed E-state index contributed by atoms with van der Waals surface area (Å²) in [6.07, 6.45) is 4.30. The zero-order valence-electron chi connectivity index (χ0n) is 28.8. The minimum Gasteiger partial charge on any atom is -0.481 e. The third kappa shape index (κ3) is 5.38. The fourth-order valence-electron chi connectivity index (χ4n) is 7.55. The topological polar surface area (TPSA) is 18.5 Å². The van der Waals surface area contributed by atoms with Crippen molar-refractivity contribution in [2.75, 3.05) is 0 Å². The van der Waals surface area contributed by atoms with Gasteiger partial charge in [-0.25, -0.2) is 0 Å². The summed E-state index contributed by atoms with van der Waals surface area (Å²) in [6, 6.07) is 52.4. The summed E-state index contributed by atoms with van der Waals surface area (Å²) in [4.78, 5) is 4.99. The molecule has 0 saturated carbocycles. The van der Waals surface area contributed by atoms with E-state index in [1.165, 1.54) is 74.5 Å². The minimum atomic E-state index is -0.167. The van der Waals surface area contributed by atoms with Crippen LogP contribution in [0.5, 0.6) is 11.5 Å². The smallest absolute Gasteiger partial charge is 0.143 e. The molecule has 0 N–H and O–H groups in total. The molecule has 52 heavy (non-hydrogen) atoms. The van der Waals surface area contributed by atoms with Crippen molar-refractivity contribution in [3.05, 3.63) is 201 Å². The van der Waals surface area contributed by atoms with E-state index in [9.17, 15) is 0 Å². The van der Waals surface area contributed by atoms with Crippen molar-refractivity contribution < 1.29 is 9.47 Å². The van der Waals surface area contributed by atoms with E-state index in [1.807, 2.05) is 22.7 Å². The molecule has 4 heterocycles. The van der Waals surface area contributed by atoms with Gasteiger partial charge >= 0.3 is 0 Å². The zero-order chi connectivity index (χ0) is 34.8. The molecule has 0 aliphatic carbocycles. The predicted molar refractivity (Wildman–Crippen MR) is 219 cm³/mol. The van der Waals surface area contributed by atoms with Crippen LogP contribution in [0.3, 0.4) is 0 Å². The molecule has 0 saturated heterocycles. The largest absolute Gasteiger partial charge is 0.481 e. The number of thiophene rings is 2. The van der Waals surface area contributed by atoms with Gasteiger partial charge in [-0.15, -0.1) is 22.7 Å². The van der Waals surface area contributed by atoms with Gasteiger partial charge in [-0.05, 0) is 95.1 Å². The molecule has 6 aromatic carbocycles. The van der Waals surface area contributed by atoms with Gasteiger partial charge in [-0.3, -0.25) is 0 Å². The van der Waals surface area contributed by atoms with Crippen molar-refractivity contribution >= 4 is 55.4 Å². The van der Waals surface area contributed by atoms with E-state index in [1.54, 1.807) is 0 Å². The molecule has 2 aliphatic heterocycles. The van der Waals surface area contributed by atoms with E-state index in [-0.39, 0.29) is 12.2 Å². The van der Waals surface area contributed by atoms with Gasteiger partial charge in [0.25, 0.3) is 0 Å². The molecule has 2 aromatic heterocycles. The van der Waals surface area contributed by atoms with Gasteiger partial charge in [-0.2, -0.15) is 0 Å². The van der Waals surface area contributed by atoms with Crippen LogP contribution in [0.4, 0.5) is 0 Å². The lowest BCUT2D eigenvalue weighted by atomic mass is 9.91. The van der Waals surface area contributed by atoms with E-state index in [0.29, 0.717) is 0 Å². The zero-order valence-corrected chi connectivity index (χ0v) is 30.4. The van der Waals surface area contributed by atoms with Gasteiger partial charge in [-0.1, -0.05) is 120 Å². The maximum absolute atomic E-state index is 6.70. The van der Waals surface area contributed by atoms with Gasteiger partial charge in [0.1, 0.15) is 23.7 Å². The Hall–Kier alpha value is -5.68. The Balaban J connectivity index is 1.07. The summed E-state index contributed by atoms with van der Waals surface area (Å²) in [5.74, 6) is 1.85. The summed E-state index contributed by atoms with van der Waals surface area (Å²) >= 11 is 3.71. The van der Waals surface area contributed by atoms with E-state index >= 15 is 0 Å². The van der Waals surface area contributed by atoms with E-state index in [4.69, 9.17) is 9.47 Å². The monoisotopic (exact) mass is 706 g/mol. The van der Waals surface area contributed by atoms with Crippen LogP contribution in [0.25, 0.3) is 42.4 Å². The van der Waals surface area contributed by atoms with Crippen molar-refractivity contribution in [2.24, 2.45) is 0 Å². The molecule has 0 bridgehead atoms. The summed E-state index contributed by atoms with van der Waals surface area (Å²) in [6.45, 7) is 4.25. The third-order valence-electron chi connectivity index (χ3n) is 10.3. The van der Waals surface area contributed by atoms with E-state index < -0.39 is 0 Å². The highest BCUT2D eigenvalue weighted by molar-refractivity contribution is 7.23. The highest BCUT2D eigenvalue weighted by Gasteiger charge is 2.28. The highest BCUT2D eigenvalue weighted by atomic mass is 32.1. The molecule has 4 heteroatoms. The predicted octanol–water partition coefficient (Wildman–Crippen LogP) is 13.5. The van der Waals surface area contributed by atoms with E-state index in [0.717, 1.165) is 22.6 Å². The molecule has 2 nitrogen and oxygen atoms in total. The molecule has 2 atom stereocenters. The summed E-state index contributed by atoms with van der Waals surface area (Å²) < 4.78 is 13.4. The molecule has 0 radical (unpaired) electrons. The Labute approximate surface area is 311 Å². The van der Waals surface area contributed by atoms with Crippen LogP contribution >= 0.6 is 22.7 Å². The molecule has 0 amide bonds. The number of ether oxygens (including phenoxy) is 2. The molecule has 10 rings (SSSR count). The van der Waals surface area contributed by atoms with Gasteiger partial charge in [0.05, 0.1) is 0 Å². The Kier molecular flexibility index (Phi) is 7.49. The summed E-state index contributed by atoms with van der Waals surface area (Å²) in [5, 5.41) is 4.85. The van der Waals surface area contributed by atoms with Gasteiger partial charge in [0, 0.05) is 41.8 Å². The number of fused-ring (bicyclic) bond motifs is 6. The van der Waals surface area contributed by atoms with Gasteiger partial charge in [0.15, 0.2) is 0 Å². The number of aryl methyl sites for hydroxylation is 2. The second kappa shape index (κ2) is 12.5. The van der Waals surface area contributed by atoms with Crippen molar-refractivity contribution in [2.45, 2.75) is 26.1 Å². The quantitative estimate of drug-likeness (QED) is 0.177. The molecule has 0 spiro atoms. The molecular weight excluding hydrogens is 673 g/mol. The van der Waals surface area contributed by atoms with Crippen LogP contribution in [-0.4, -0.2) is 0 Å².